The Labute approximate surface area is 169 Å². The second-order valence-corrected chi connectivity index (χ2v) is 7.70. The fourth-order valence-electron chi connectivity index (χ4n) is 2.44. The van der Waals surface area contributed by atoms with E-state index in [0.717, 1.165) is 0 Å². The lowest BCUT2D eigenvalue weighted by Crippen LogP contribution is -2.34. The second-order valence-electron chi connectivity index (χ2n) is 5.93. The number of carbonyl (C=O) groups excluding carboxylic acids is 2. The van der Waals surface area contributed by atoms with Crippen LogP contribution in [0.4, 0.5) is 5.69 Å². The summed E-state index contributed by atoms with van der Waals surface area (Å²) >= 11 is 0. The molecule has 2 aromatic rings. The van der Waals surface area contributed by atoms with Crippen molar-refractivity contribution in [2.24, 2.45) is 0 Å². The van der Waals surface area contributed by atoms with Crippen molar-refractivity contribution in [3.05, 3.63) is 48.0 Å². The Bertz CT molecular complexity index is 974. The van der Waals surface area contributed by atoms with Crippen LogP contribution in [0.5, 0.6) is 11.5 Å². The number of benzene rings is 2. The van der Waals surface area contributed by atoms with E-state index >= 15 is 0 Å². The summed E-state index contributed by atoms with van der Waals surface area (Å²) in [5.41, 5.74) is 0.971. The van der Waals surface area contributed by atoms with Crippen LogP contribution in [0.1, 0.15) is 17.3 Å². The molecule has 0 atom stereocenters. The molecule has 0 heterocycles. The van der Waals surface area contributed by atoms with Gasteiger partial charge < -0.3 is 20.1 Å². The number of nitrogens with one attached hydrogen (secondary N) is 3. The predicted molar refractivity (Wildman–Crippen MR) is 108 cm³/mol. The molecule has 0 aliphatic heterocycles. The molecule has 29 heavy (non-hydrogen) atoms. The predicted octanol–water partition coefficient (Wildman–Crippen LogP) is 1.37. The van der Waals surface area contributed by atoms with Gasteiger partial charge in [0.05, 0.1) is 19.1 Å². The van der Waals surface area contributed by atoms with Gasteiger partial charge in [-0.1, -0.05) is 0 Å². The van der Waals surface area contributed by atoms with E-state index < -0.39 is 10.0 Å². The lowest BCUT2D eigenvalue weighted by atomic mass is 10.2. The Morgan fingerprint density at radius 1 is 0.931 bits per heavy atom. The Morgan fingerprint density at radius 3 is 2.17 bits per heavy atom. The maximum Gasteiger partial charge on any atom is 0.251 e. The molecule has 9 nitrogen and oxygen atoms in total. The molecule has 0 saturated carbocycles. The molecule has 2 amide bonds. The summed E-state index contributed by atoms with van der Waals surface area (Å²) in [6.45, 7) is 1.49. The summed E-state index contributed by atoms with van der Waals surface area (Å²) in [7, 11) is -0.899. The van der Waals surface area contributed by atoms with Crippen LogP contribution in [0.3, 0.4) is 0 Å². The maximum atomic E-state index is 12.4. The van der Waals surface area contributed by atoms with Gasteiger partial charge in [-0.05, 0) is 36.4 Å². The van der Waals surface area contributed by atoms with Crippen molar-refractivity contribution < 1.29 is 27.5 Å². The van der Waals surface area contributed by atoms with Crippen LogP contribution in [-0.2, 0) is 14.8 Å². The zero-order valence-electron chi connectivity index (χ0n) is 16.3. The van der Waals surface area contributed by atoms with Crippen molar-refractivity contribution >= 4 is 27.5 Å². The Balaban J connectivity index is 1.89. The van der Waals surface area contributed by atoms with E-state index in [1.54, 1.807) is 24.3 Å². The average Bonchev–Trinajstić information content (AvgIpc) is 2.70. The number of carbonyl (C=O) groups is 2. The summed E-state index contributed by atoms with van der Waals surface area (Å²) in [5, 5.41) is 5.23. The fraction of sp³-hybridized carbons (Fsp3) is 0.263. The lowest BCUT2D eigenvalue weighted by Gasteiger charge is -2.11. The van der Waals surface area contributed by atoms with Crippen molar-refractivity contribution in [2.45, 2.75) is 11.8 Å². The van der Waals surface area contributed by atoms with Crippen molar-refractivity contribution in [3.8, 4) is 11.5 Å². The normalized spacial score (nSPS) is 10.9. The summed E-state index contributed by atoms with van der Waals surface area (Å²) in [6.07, 6.45) is 0. The van der Waals surface area contributed by atoms with Crippen molar-refractivity contribution in [1.82, 2.24) is 10.0 Å². The van der Waals surface area contributed by atoms with E-state index in [0.29, 0.717) is 22.7 Å². The zero-order chi connectivity index (χ0) is 21.4. The second kappa shape index (κ2) is 9.89. The van der Waals surface area contributed by atoms with Crippen molar-refractivity contribution in [2.75, 3.05) is 32.6 Å². The summed E-state index contributed by atoms with van der Waals surface area (Å²) in [4.78, 5) is 23.1. The molecule has 0 aliphatic carbocycles. The largest absolute Gasteiger partial charge is 0.493 e. The molecule has 156 valence electrons. The van der Waals surface area contributed by atoms with Gasteiger partial charge in [0.1, 0.15) is 0 Å². The minimum absolute atomic E-state index is 0.00634. The Morgan fingerprint density at radius 2 is 1.59 bits per heavy atom. The molecule has 0 fully saturated rings. The third-order valence-electron chi connectivity index (χ3n) is 3.84. The number of methoxy groups -OCH3 is 2. The van der Waals surface area contributed by atoms with Crippen molar-refractivity contribution in [3.63, 3.8) is 0 Å². The number of hydrogen-bond acceptors (Lipinski definition) is 6. The highest BCUT2D eigenvalue weighted by Crippen LogP contribution is 2.29. The highest BCUT2D eigenvalue weighted by molar-refractivity contribution is 7.89. The third kappa shape index (κ3) is 6.19. The molecular weight excluding hydrogens is 398 g/mol. The van der Waals surface area contributed by atoms with Gasteiger partial charge >= 0.3 is 0 Å². The average molecular weight is 421 g/mol. The fourth-order valence-corrected chi connectivity index (χ4v) is 3.49. The van der Waals surface area contributed by atoms with Gasteiger partial charge in [-0.25, -0.2) is 13.1 Å². The van der Waals surface area contributed by atoms with E-state index in [1.165, 1.54) is 39.3 Å². The summed E-state index contributed by atoms with van der Waals surface area (Å²) < 4.78 is 37.4. The van der Waals surface area contributed by atoms with Gasteiger partial charge in [-0.3, -0.25) is 9.59 Å². The molecule has 0 radical (unpaired) electrons. The van der Waals surface area contributed by atoms with Gasteiger partial charge in [0.15, 0.2) is 11.5 Å². The Hall–Kier alpha value is -3.11. The number of ether oxygens (including phenoxy) is 2. The molecule has 2 aromatic carbocycles. The molecule has 10 heteroatoms. The molecule has 0 aromatic heterocycles. The summed E-state index contributed by atoms with van der Waals surface area (Å²) in [6, 6.07) is 10.6. The van der Waals surface area contributed by atoms with E-state index in [2.05, 4.69) is 15.4 Å². The minimum atomic E-state index is -3.77. The van der Waals surface area contributed by atoms with E-state index in [-0.39, 0.29) is 29.8 Å². The number of sulfonamides is 1. The highest BCUT2D eigenvalue weighted by atomic mass is 32.2. The molecule has 2 rings (SSSR count). The molecule has 0 saturated heterocycles. The minimum Gasteiger partial charge on any atom is -0.493 e. The summed E-state index contributed by atoms with van der Waals surface area (Å²) in [5.74, 6) is 0.156. The van der Waals surface area contributed by atoms with E-state index in [4.69, 9.17) is 9.47 Å². The van der Waals surface area contributed by atoms with Gasteiger partial charge in [-0.15, -0.1) is 0 Å². The van der Waals surface area contributed by atoms with Crippen LogP contribution in [0.25, 0.3) is 0 Å². The molecule has 3 N–H and O–H groups in total. The quantitative estimate of drug-likeness (QED) is 0.526. The van der Waals surface area contributed by atoms with Gasteiger partial charge in [0.25, 0.3) is 5.91 Å². The van der Waals surface area contributed by atoms with Crippen LogP contribution in [0.15, 0.2) is 47.4 Å². The van der Waals surface area contributed by atoms with Crippen molar-refractivity contribution in [1.29, 1.82) is 0 Å². The van der Waals surface area contributed by atoms with Gasteiger partial charge in [0, 0.05) is 37.3 Å². The monoisotopic (exact) mass is 421 g/mol. The molecule has 0 spiro atoms. The number of hydrogen-bond donors (Lipinski definition) is 3. The zero-order valence-corrected chi connectivity index (χ0v) is 17.1. The van der Waals surface area contributed by atoms with Crippen LogP contribution >= 0.6 is 0 Å². The third-order valence-corrected chi connectivity index (χ3v) is 5.29. The molecule has 0 aliphatic rings. The molecular formula is C19H23N3O6S. The first kappa shape index (κ1) is 22.2. The number of amides is 2. The SMILES string of the molecule is COc1ccc(S(=O)(=O)NCCNC(=O)c2ccc(NC(C)=O)cc2)cc1OC. The standard InChI is InChI=1S/C19H23N3O6S/c1-13(23)22-15-6-4-14(5-7-15)19(24)20-10-11-21-29(25,26)16-8-9-17(27-2)18(12-16)28-3/h4-9,12,21H,10-11H2,1-3H3,(H,20,24)(H,22,23). The topological polar surface area (TPSA) is 123 Å². The number of anilines is 1. The van der Waals surface area contributed by atoms with E-state index in [1.807, 2.05) is 0 Å². The smallest absolute Gasteiger partial charge is 0.251 e. The lowest BCUT2D eigenvalue weighted by molar-refractivity contribution is -0.114. The van der Waals surface area contributed by atoms with Crippen LogP contribution in [0, 0.1) is 0 Å². The van der Waals surface area contributed by atoms with Crippen LogP contribution in [0.2, 0.25) is 0 Å². The van der Waals surface area contributed by atoms with Gasteiger partial charge in [0.2, 0.25) is 15.9 Å². The first-order valence-electron chi connectivity index (χ1n) is 8.64. The molecule has 0 bridgehead atoms. The van der Waals surface area contributed by atoms with Crippen LogP contribution < -0.4 is 24.8 Å². The molecule has 0 unspecified atom stereocenters. The number of rotatable bonds is 9. The maximum absolute atomic E-state index is 12.4. The van der Waals surface area contributed by atoms with Gasteiger partial charge in [-0.2, -0.15) is 0 Å². The Kier molecular flexibility index (Phi) is 7.57. The van der Waals surface area contributed by atoms with Crippen LogP contribution in [-0.4, -0.2) is 47.5 Å². The highest BCUT2D eigenvalue weighted by Gasteiger charge is 2.16. The first-order chi connectivity index (χ1) is 13.8. The first-order valence-corrected chi connectivity index (χ1v) is 10.1. The van der Waals surface area contributed by atoms with E-state index in [9.17, 15) is 18.0 Å².